The fourth-order valence-corrected chi connectivity index (χ4v) is 2.26. The van der Waals surface area contributed by atoms with Crippen molar-refractivity contribution in [3.05, 3.63) is 20.8 Å². The zero-order valence-corrected chi connectivity index (χ0v) is 8.97. The molecule has 0 aliphatic heterocycles. The molecule has 0 aromatic carbocycles. The van der Waals surface area contributed by atoms with Crippen LogP contribution in [0.5, 0.6) is 0 Å². The molecule has 2 aromatic rings. The summed E-state index contributed by atoms with van der Waals surface area (Å²) in [7, 11) is 0. The van der Waals surface area contributed by atoms with Gasteiger partial charge in [0.25, 0.3) is 6.43 Å². The molecule has 74 valence electrons. The van der Waals surface area contributed by atoms with Crippen molar-refractivity contribution in [3.63, 3.8) is 0 Å². The number of alkyl halides is 2. The molecule has 2 aromatic heterocycles. The van der Waals surface area contributed by atoms with Crippen LogP contribution in [0, 0.1) is 0 Å². The SMILES string of the molecule is FC(F)c1cc(-c2nsc(Cl)n2)cs1. The van der Waals surface area contributed by atoms with Crippen LogP contribution in [0.3, 0.4) is 0 Å². The molecule has 0 amide bonds. The summed E-state index contributed by atoms with van der Waals surface area (Å²) in [6, 6.07) is 1.38. The largest absolute Gasteiger partial charge is 0.272 e. The van der Waals surface area contributed by atoms with Gasteiger partial charge in [-0.25, -0.2) is 13.8 Å². The number of hydrogen-bond acceptors (Lipinski definition) is 4. The van der Waals surface area contributed by atoms with Crippen molar-refractivity contribution in [2.45, 2.75) is 6.43 Å². The van der Waals surface area contributed by atoms with Gasteiger partial charge in [0.1, 0.15) is 0 Å². The molecule has 0 aliphatic carbocycles. The Balaban J connectivity index is 2.33. The normalized spacial score (nSPS) is 11.1. The van der Waals surface area contributed by atoms with Gasteiger partial charge in [-0.2, -0.15) is 4.37 Å². The number of halogens is 3. The van der Waals surface area contributed by atoms with Gasteiger partial charge in [0.2, 0.25) is 4.47 Å². The summed E-state index contributed by atoms with van der Waals surface area (Å²) in [6.07, 6.45) is -2.44. The fourth-order valence-electron chi connectivity index (χ4n) is 0.907. The molecule has 0 fully saturated rings. The van der Waals surface area contributed by atoms with E-state index in [2.05, 4.69) is 9.36 Å². The van der Waals surface area contributed by atoms with Crippen LogP contribution < -0.4 is 0 Å². The topological polar surface area (TPSA) is 25.8 Å². The summed E-state index contributed by atoms with van der Waals surface area (Å²) in [5.41, 5.74) is 0.591. The lowest BCUT2D eigenvalue weighted by Gasteiger charge is -1.89. The van der Waals surface area contributed by atoms with Crippen LogP contribution in [0.2, 0.25) is 4.47 Å². The first-order valence-corrected chi connectivity index (χ1v) is 5.56. The van der Waals surface area contributed by atoms with Crippen LogP contribution in [-0.2, 0) is 0 Å². The van der Waals surface area contributed by atoms with Crippen molar-refractivity contribution in [2.24, 2.45) is 0 Å². The minimum Gasteiger partial charge on any atom is -0.204 e. The quantitative estimate of drug-likeness (QED) is 0.811. The minimum absolute atomic E-state index is 0.0194. The van der Waals surface area contributed by atoms with Crippen molar-refractivity contribution in [2.75, 3.05) is 0 Å². The smallest absolute Gasteiger partial charge is 0.204 e. The molecule has 7 heteroatoms. The van der Waals surface area contributed by atoms with Gasteiger partial charge < -0.3 is 0 Å². The summed E-state index contributed by atoms with van der Waals surface area (Å²) in [5.74, 6) is 0.406. The van der Waals surface area contributed by atoms with Gasteiger partial charge in [-0.15, -0.1) is 11.3 Å². The first-order chi connectivity index (χ1) is 6.66. The van der Waals surface area contributed by atoms with E-state index in [-0.39, 0.29) is 4.88 Å². The lowest BCUT2D eigenvalue weighted by Crippen LogP contribution is -1.77. The van der Waals surface area contributed by atoms with E-state index in [1.807, 2.05) is 0 Å². The molecule has 0 saturated heterocycles. The highest BCUT2D eigenvalue weighted by molar-refractivity contribution is 7.11. The molecule has 0 spiro atoms. The number of rotatable bonds is 2. The minimum atomic E-state index is -2.44. The second-order valence-corrected chi connectivity index (χ2v) is 4.69. The Bertz CT molecular complexity index is 440. The van der Waals surface area contributed by atoms with Crippen molar-refractivity contribution in [1.82, 2.24) is 9.36 Å². The van der Waals surface area contributed by atoms with E-state index in [9.17, 15) is 8.78 Å². The third-order valence-electron chi connectivity index (χ3n) is 1.49. The van der Waals surface area contributed by atoms with Crippen LogP contribution >= 0.6 is 34.5 Å². The van der Waals surface area contributed by atoms with Gasteiger partial charge in [0.05, 0.1) is 4.88 Å². The van der Waals surface area contributed by atoms with Gasteiger partial charge >= 0.3 is 0 Å². The zero-order valence-electron chi connectivity index (χ0n) is 6.58. The lowest BCUT2D eigenvalue weighted by molar-refractivity contribution is 0.155. The standard InChI is InChI=1S/C7H3ClF2N2S2/c8-7-11-6(12-14-7)3-1-4(5(9)10)13-2-3/h1-2,5H. The molecule has 0 N–H and O–H groups in total. The summed E-state index contributed by atoms with van der Waals surface area (Å²) in [5, 5.41) is 1.60. The Morgan fingerprint density at radius 1 is 1.43 bits per heavy atom. The van der Waals surface area contributed by atoms with E-state index in [1.165, 1.54) is 6.07 Å². The lowest BCUT2D eigenvalue weighted by atomic mass is 10.3. The first-order valence-electron chi connectivity index (χ1n) is 3.53. The summed E-state index contributed by atoms with van der Waals surface area (Å²) in [4.78, 5) is 3.91. The Hall–Kier alpha value is -0.590. The van der Waals surface area contributed by atoms with Crippen LogP contribution in [-0.4, -0.2) is 9.36 Å². The number of hydrogen-bond donors (Lipinski definition) is 0. The molecule has 0 radical (unpaired) electrons. The molecule has 0 atom stereocenters. The van der Waals surface area contributed by atoms with Gasteiger partial charge in [-0.3, -0.25) is 0 Å². The predicted octanol–water partition coefficient (Wildman–Crippen LogP) is 3.86. The molecule has 0 saturated carbocycles. The average molecular weight is 253 g/mol. The van der Waals surface area contributed by atoms with Gasteiger partial charge in [0.15, 0.2) is 5.82 Å². The number of thiophene rings is 1. The second-order valence-electron chi connectivity index (χ2n) is 2.41. The number of nitrogens with zero attached hydrogens (tertiary/aromatic N) is 2. The zero-order chi connectivity index (χ0) is 10.1. The van der Waals surface area contributed by atoms with Crippen molar-refractivity contribution in [3.8, 4) is 11.4 Å². The van der Waals surface area contributed by atoms with Crippen LogP contribution in [0.25, 0.3) is 11.4 Å². The Labute approximate surface area is 91.3 Å². The van der Waals surface area contributed by atoms with E-state index in [1.54, 1.807) is 5.38 Å². The Morgan fingerprint density at radius 2 is 2.21 bits per heavy atom. The number of aromatic nitrogens is 2. The van der Waals surface area contributed by atoms with E-state index >= 15 is 0 Å². The van der Waals surface area contributed by atoms with Crippen LogP contribution in [0.15, 0.2) is 11.4 Å². The molecule has 2 rings (SSSR count). The first kappa shape index (κ1) is 9.95. The van der Waals surface area contributed by atoms with Gasteiger partial charge in [0, 0.05) is 10.9 Å². The van der Waals surface area contributed by atoms with Gasteiger partial charge in [-0.1, -0.05) is 0 Å². The summed E-state index contributed by atoms with van der Waals surface area (Å²) >= 11 is 7.61. The monoisotopic (exact) mass is 252 g/mol. The highest BCUT2D eigenvalue weighted by Gasteiger charge is 2.13. The third kappa shape index (κ3) is 1.92. The average Bonchev–Trinajstić information content (AvgIpc) is 2.70. The second kappa shape index (κ2) is 3.88. The molecule has 14 heavy (non-hydrogen) atoms. The highest BCUT2D eigenvalue weighted by atomic mass is 35.5. The molecule has 0 unspecified atom stereocenters. The van der Waals surface area contributed by atoms with Crippen molar-refractivity contribution < 1.29 is 8.78 Å². The van der Waals surface area contributed by atoms with Crippen LogP contribution in [0.4, 0.5) is 8.78 Å². The van der Waals surface area contributed by atoms with E-state index < -0.39 is 6.43 Å². The maximum Gasteiger partial charge on any atom is 0.272 e. The van der Waals surface area contributed by atoms with Crippen molar-refractivity contribution >= 4 is 34.5 Å². The van der Waals surface area contributed by atoms with Gasteiger partial charge in [-0.05, 0) is 29.2 Å². The van der Waals surface area contributed by atoms with Crippen LogP contribution in [0.1, 0.15) is 11.3 Å². The maximum atomic E-state index is 12.2. The Morgan fingerprint density at radius 3 is 2.71 bits per heavy atom. The summed E-state index contributed by atoms with van der Waals surface area (Å²) in [6.45, 7) is 0. The summed E-state index contributed by atoms with van der Waals surface area (Å²) < 4.78 is 28.7. The predicted molar refractivity (Wildman–Crippen MR) is 53.2 cm³/mol. The molecule has 2 heterocycles. The maximum absolute atomic E-state index is 12.2. The molecule has 0 bridgehead atoms. The molecule has 2 nitrogen and oxygen atoms in total. The Kier molecular flexibility index (Phi) is 2.76. The van der Waals surface area contributed by atoms with E-state index in [0.29, 0.717) is 15.9 Å². The molecular weight excluding hydrogens is 250 g/mol. The molecule has 0 aliphatic rings. The van der Waals surface area contributed by atoms with E-state index in [0.717, 1.165) is 22.9 Å². The van der Waals surface area contributed by atoms with Crippen molar-refractivity contribution in [1.29, 1.82) is 0 Å². The van der Waals surface area contributed by atoms with E-state index in [4.69, 9.17) is 11.6 Å². The fraction of sp³-hybridized carbons (Fsp3) is 0.143. The molecular formula is C7H3ClF2N2S2. The highest BCUT2D eigenvalue weighted by Crippen LogP contribution is 2.31. The third-order valence-corrected chi connectivity index (χ3v) is 3.23.